The molecule has 0 aromatic rings. The molecule has 0 aliphatic carbocycles. The van der Waals surface area contributed by atoms with E-state index < -0.39 is 6.03 Å². The average Bonchev–Trinajstić information content (AvgIpc) is 2.25. The summed E-state index contributed by atoms with van der Waals surface area (Å²) in [5.74, 6) is 0.197. The lowest BCUT2D eigenvalue weighted by Crippen LogP contribution is -2.53. The van der Waals surface area contributed by atoms with E-state index in [-0.39, 0.29) is 18.6 Å². The van der Waals surface area contributed by atoms with Crippen molar-refractivity contribution in [2.45, 2.75) is 32.2 Å². The zero-order valence-corrected chi connectivity index (χ0v) is 10.2. The Labute approximate surface area is 101 Å². The van der Waals surface area contributed by atoms with Gasteiger partial charge in [0.05, 0.1) is 0 Å². The Morgan fingerprint density at radius 2 is 2.18 bits per heavy atom. The van der Waals surface area contributed by atoms with Gasteiger partial charge in [-0.05, 0) is 25.2 Å². The van der Waals surface area contributed by atoms with Gasteiger partial charge in [0.2, 0.25) is 5.91 Å². The molecule has 0 aromatic carbocycles. The first-order valence-corrected chi connectivity index (χ1v) is 5.95. The molecule has 1 rings (SSSR count). The third-order valence-electron chi connectivity index (χ3n) is 3.03. The summed E-state index contributed by atoms with van der Waals surface area (Å²) in [6.07, 6.45) is 2.39. The molecule has 3 amide bonds. The largest absolute Gasteiger partial charge is 0.396 e. The van der Waals surface area contributed by atoms with Crippen LogP contribution in [-0.4, -0.2) is 47.7 Å². The van der Waals surface area contributed by atoms with Crippen LogP contribution in [0.2, 0.25) is 0 Å². The van der Waals surface area contributed by atoms with Gasteiger partial charge in [0.15, 0.2) is 0 Å². The van der Waals surface area contributed by atoms with Crippen LogP contribution in [0.3, 0.4) is 0 Å². The number of carbonyl (C=O) groups excluding carboxylic acids is 2. The van der Waals surface area contributed by atoms with Crippen molar-refractivity contribution in [3.8, 4) is 0 Å². The molecule has 1 saturated heterocycles. The first kappa shape index (κ1) is 13.8. The van der Waals surface area contributed by atoms with Crippen molar-refractivity contribution < 1.29 is 14.7 Å². The van der Waals surface area contributed by atoms with Crippen molar-refractivity contribution >= 4 is 11.9 Å². The van der Waals surface area contributed by atoms with Crippen molar-refractivity contribution in [1.82, 2.24) is 10.2 Å². The minimum absolute atomic E-state index is 0.0301. The van der Waals surface area contributed by atoms with Gasteiger partial charge in [-0.3, -0.25) is 4.79 Å². The number of rotatable bonds is 4. The fourth-order valence-electron chi connectivity index (χ4n) is 2.36. The van der Waals surface area contributed by atoms with E-state index in [0.717, 1.165) is 12.8 Å². The third-order valence-corrected chi connectivity index (χ3v) is 3.03. The molecule has 1 fully saturated rings. The van der Waals surface area contributed by atoms with Crippen LogP contribution in [0, 0.1) is 5.92 Å². The Hall–Kier alpha value is -1.30. The molecule has 6 nitrogen and oxygen atoms in total. The van der Waals surface area contributed by atoms with Crippen LogP contribution >= 0.6 is 0 Å². The van der Waals surface area contributed by atoms with Gasteiger partial charge in [-0.25, -0.2) is 4.79 Å². The minimum atomic E-state index is -0.450. The quantitative estimate of drug-likeness (QED) is 0.630. The Balaban J connectivity index is 2.55. The highest BCUT2D eigenvalue weighted by molar-refractivity contribution is 5.74. The Morgan fingerprint density at radius 3 is 2.71 bits per heavy atom. The Bertz CT molecular complexity index is 283. The van der Waals surface area contributed by atoms with Gasteiger partial charge in [-0.1, -0.05) is 0 Å². The fraction of sp³-hybridized carbons (Fsp3) is 0.818. The molecule has 17 heavy (non-hydrogen) atoms. The second-order valence-corrected chi connectivity index (χ2v) is 4.61. The first-order valence-electron chi connectivity index (χ1n) is 5.95. The summed E-state index contributed by atoms with van der Waals surface area (Å²) in [6, 6.07) is -0.480. The van der Waals surface area contributed by atoms with Crippen LogP contribution in [0.15, 0.2) is 0 Å². The predicted molar refractivity (Wildman–Crippen MR) is 63.2 cm³/mol. The second kappa shape index (κ2) is 6.44. The molecule has 1 aliphatic rings. The van der Waals surface area contributed by atoms with E-state index in [1.807, 2.05) is 0 Å². The number of nitrogens with two attached hydrogens (primary N) is 1. The van der Waals surface area contributed by atoms with E-state index in [2.05, 4.69) is 5.32 Å². The lowest BCUT2D eigenvalue weighted by molar-refractivity contribution is -0.120. The summed E-state index contributed by atoms with van der Waals surface area (Å²) in [4.78, 5) is 23.8. The van der Waals surface area contributed by atoms with E-state index in [1.54, 1.807) is 4.90 Å². The minimum Gasteiger partial charge on any atom is -0.396 e. The molecule has 0 aromatic heterocycles. The van der Waals surface area contributed by atoms with Crippen LogP contribution in [0.4, 0.5) is 4.79 Å². The second-order valence-electron chi connectivity index (χ2n) is 4.61. The van der Waals surface area contributed by atoms with Crippen LogP contribution < -0.4 is 11.1 Å². The molecule has 98 valence electrons. The third kappa shape index (κ3) is 4.60. The monoisotopic (exact) mass is 243 g/mol. The lowest BCUT2D eigenvalue weighted by Gasteiger charge is -2.37. The lowest BCUT2D eigenvalue weighted by atomic mass is 9.90. The molecule has 0 bridgehead atoms. The van der Waals surface area contributed by atoms with Gasteiger partial charge >= 0.3 is 6.03 Å². The standard InChI is InChI=1S/C11H21N3O3/c1-8(16)13-10-5-9(3-2-4-15)6-14(7-10)11(12)17/h9-10,15H,2-7H2,1H3,(H2,12,17)(H,13,16). The van der Waals surface area contributed by atoms with Gasteiger partial charge in [-0.2, -0.15) is 0 Å². The number of primary amides is 1. The van der Waals surface area contributed by atoms with Gasteiger partial charge < -0.3 is 21.1 Å². The van der Waals surface area contributed by atoms with Crippen molar-refractivity contribution in [2.24, 2.45) is 11.7 Å². The molecular weight excluding hydrogens is 222 g/mol. The van der Waals surface area contributed by atoms with Crippen molar-refractivity contribution in [2.75, 3.05) is 19.7 Å². The van der Waals surface area contributed by atoms with Crippen LogP contribution in [-0.2, 0) is 4.79 Å². The molecule has 1 heterocycles. The van der Waals surface area contributed by atoms with E-state index >= 15 is 0 Å². The normalized spacial score (nSPS) is 24.5. The van der Waals surface area contributed by atoms with E-state index in [1.165, 1.54) is 6.92 Å². The topological polar surface area (TPSA) is 95.7 Å². The number of piperidine rings is 1. The molecule has 2 unspecified atom stereocenters. The summed E-state index contributed by atoms with van der Waals surface area (Å²) in [7, 11) is 0. The van der Waals surface area contributed by atoms with E-state index in [4.69, 9.17) is 10.8 Å². The molecule has 6 heteroatoms. The highest BCUT2D eigenvalue weighted by Gasteiger charge is 2.28. The number of aliphatic hydroxyl groups is 1. The summed E-state index contributed by atoms with van der Waals surface area (Å²) >= 11 is 0. The SMILES string of the molecule is CC(=O)NC1CC(CCCO)CN(C(N)=O)C1. The zero-order valence-electron chi connectivity index (χ0n) is 10.2. The number of amides is 3. The van der Waals surface area contributed by atoms with Crippen molar-refractivity contribution in [3.63, 3.8) is 0 Å². The molecule has 2 atom stereocenters. The van der Waals surface area contributed by atoms with Gasteiger partial charge in [0.1, 0.15) is 0 Å². The Kier molecular flexibility index (Phi) is 5.21. The fourth-order valence-corrected chi connectivity index (χ4v) is 2.36. The molecule has 4 N–H and O–H groups in total. The molecule has 0 saturated carbocycles. The summed E-state index contributed by atoms with van der Waals surface area (Å²) < 4.78 is 0. The predicted octanol–water partition coefficient (Wildman–Crippen LogP) is -0.336. The molecular formula is C11H21N3O3. The number of aliphatic hydroxyl groups excluding tert-OH is 1. The molecule has 0 spiro atoms. The van der Waals surface area contributed by atoms with Crippen LogP contribution in [0.5, 0.6) is 0 Å². The smallest absolute Gasteiger partial charge is 0.314 e. The summed E-state index contributed by atoms with van der Waals surface area (Å²) in [5.41, 5.74) is 5.28. The molecule has 0 radical (unpaired) electrons. The summed E-state index contributed by atoms with van der Waals surface area (Å²) in [6.45, 7) is 2.71. The highest BCUT2D eigenvalue weighted by atomic mass is 16.3. The van der Waals surface area contributed by atoms with E-state index in [0.29, 0.717) is 25.4 Å². The highest BCUT2D eigenvalue weighted by Crippen LogP contribution is 2.21. The zero-order chi connectivity index (χ0) is 12.8. The number of likely N-dealkylation sites (tertiary alicyclic amines) is 1. The number of nitrogens with zero attached hydrogens (tertiary/aromatic N) is 1. The molecule has 1 aliphatic heterocycles. The Morgan fingerprint density at radius 1 is 1.47 bits per heavy atom. The van der Waals surface area contributed by atoms with Gasteiger partial charge in [0.25, 0.3) is 0 Å². The number of carbonyl (C=O) groups is 2. The van der Waals surface area contributed by atoms with E-state index in [9.17, 15) is 9.59 Å². The number of hydrogen-bond donors (Lipinski definition) is 3. The number of urea groups is 1. The maximum Gasteiger partial charge on any atom is 0.314 e. The van der Waals surface area contributed by atoms with Gasteiger partial charge in [0, 0.05) is 32.7 Å². The number of hydrogen-bond acceptors (Lipinski definition) is 3. The maximum atomic E-state index is 11.2. The van der Waals surface area contributed by atoms with Crippen molar-refractivity contribution in [1.29, 1.82) is 0 Å². The van der Waals surface area contributed by atoms with Crippen molar-refractivity contribution in [3.05, 3.63) is 0 Å². The first-order chi connectivity index (χ1) is 8.02. The van der Waals surface area contributed by atoms with Gasteiger partial charge in [-0.15, -0.1) is 0 Å². The van der Waals surface area contributed by atoms with Crippen LogP contribution in [0.1, 0.15) is 26.2 Å². The summed E-state index contributed by atoms with van der Waals surface area (Å²) in [5, 5.41) is 11.6. The average molecular weight is 243 g/mol. The maximum absolute atomic E-state index is 11.2. The number of nitrogens with one attached hydrogen (secondary N) is 1. The van der Waals surface area contributed by atoms with Crippen LogP contribution in [0.25, 0.3) is 0 Å².